The Morgan fingerprint density at radius 2 is 2.46 bits per heavy atom. The molecule has 2 unspecified atom stereocenters. The summed E-state index contributed by atoms with van der Waals surface area (Å²) in [5.41, 5.74) is 0. The van der Waals surface area contributed by atoms with Crippen molar-refractivity contribution in [1.82, 2.24) is 0 Å². The summed E-state index contributed by atoms with van der Waals surface area (Å²) in [5.74, 6) is 1.26. The molecule has 1 aromatic rings. The van der Waals surface area contributed by atoms with E-state index in [9.17, 15) is 10.1 Å². The standard InChI is InChI=1S/C8H8BrNO2S/c9-4-5-3-6(5)7-1-2-8(13-7)10(11)12/h1-2,5-6H,3-4H2. The van der Waals surface area contributed by atoms with E-state index < -0.39 is 0 Å². The Labute approximate surface area is 88.0 Å². The maximum atomic E-state index is 10.4. The predicted molar refractivity (Wildman–Crippen MR) is 55.6 cm³/mol. The summed E-state index contributed by atoms with van der Waals surface area (Å²) in [6, 6.07) is 3.49. The van der Waals surface area contributed by atoms with Gasteiger partial charge < -0.3 is 0 Å². The number of hydrogen-bond donors (Lipinski definition) is 0. The van der Waals surface area contributed by atoms with Crippen LogP contribution in [0, 0.1) is 16.0 Å². The summed E-state index contributed by atoms with van der Waals surface area (Å²) in [6.07, 6.45) is 1.17. The van der Waals surface area contributed by atoms with Crippen LogP contribution in [0.5, 0.6) is 0 Å². The van der Waals surface area contributed by atoms with Gasteiger partial charge in [-0.3, -0.25) is 10.1 Å². The molecule has 2 rings (SSSR count). The van der Waals surface area contributed by atoms with Crippen molar-refractivity contribution in [2.45, 2.75) is 12.3 Å². The molecule has 0 radical (unpaired) electrons. The van der Waals surface area contributed by atoms with E-state index in [1.807, 2.05) is 6.07 Å². The van der Waals surface area contributed by atoms with Crippen LogP contribution in [-0.4, -0.2) is 10.3 Å². The van der Waals surface area contributed by atoms with Gasteiger partial charge in [-0.05, 0) is 24.3 Å². The molecule has 1 heterocycles. The highest BCUT2D eigenvalue weighted by Crippen LogP contribution is 2.51. The summed E-state index contributed by atoms with van der Waals surface area (Å²) < 4.78 is 0. The lowest BCUT2D eigenvalue weighted by molar-refractivity contribution is -0.380. The van der Waals surface area contributed by atoms with Crippen molar-refractivity contribution in [2.75, 3.05) is 5.33 Å². The fraction of sp³-hybridized carbons (Fsp3) is 0.500. The Bertz CT molecular complexity index is 339. The number of rotatable bonds is 3. The van der Waals surface area contributed by atoms with Crippen molar-refractivity contribution in [1.29, 1.82) is 0 Å². The Morgan fingerprint density at radius 1 is 1.69 bits per heavy atom. The summed E-state index contributed by atoms with van der Waals surface area (Å²) >= 11 is 4.73. The molecule has 5 heteroatoms. The first-order valence-electron chi connectivity index (χ1n) is 4.02. The predicted octanol–water partition coefficient (Wildman–Crippen LogP) is 3.15. The second-order valence-corrected chi connectivity index (χ2v) is 4.93. The van der Waals surface area contributed by atoms with Gasteiger partial charge in [-0.1, -0.05) is 27.3 Å². The van der Waals surface area contributed by atoms with Gasteiger partial charge in [0.25, 0.3) is 0 Å². The maximum absolute atomic E-state index is 10.4. The van der Waals surface area contributed by atoms with E-state index in [1.54, 1.807) is 6.07 Å². The average Bonchev–Trinajstić information content (AvgIpc) is 2.73. The topological polar surface area (TPSA) is 43.1 Å². The van der Waals surface area contributed by atoms with Crippen LogP contribution in [0.3, 0.4) is 0 Å². The van der Waals surface area contributed by atoms with Crippen LogP contribution >= 0.6 is 27.3 Å². The van der Waals surface area contributed by atoms with Gasteiger partial charge in [0.1, 0.15) is 0 Å². The van der Waals surface area contributed by atoms with E-state index in [1.165, 1.54) is 17.8 Å². The number of nitrogens with zero attached hydrogens (tertiary/aromatic N) is 1. The maximum Gasteiger partial charge on any atom is 0.324 e. The normalized spacial score (nSPS) is 25.9. The Hall–Kier alpha value is -0.420. The fourth-order valence-corrected chi connectivity index (χ4v) is 3.15. The van der Waals surface area contributed by atoms with Crippen LogP contribution in [0.25, 0.3) is 0 Å². The molecule has 1 aromatic heterocycles. The summed E-state index contributed by atoms with van der Waals surface area (Å²) in [4.78, 5) is 11.3. The first kappa shape index (κ1) is 9.15. The first-order chi connectivity index (χ1) is 6.22. The molecule has 0 aromatic carbocycles. The molecular formula is C8H8BrNO2S. The zero-order valence-corrected chi connectivity index (χ0v) is 9.18. The van der Waals surface area contributed by atoms with Crippen LogP contribution in [0.15, 0.2) is 12.1 Å². The first-order valence-corrected chi connectivity index (χ1v) is 5.96. The van der Waals surface area contributed by atoms with Gasteiger partial charge in [-0.25, -0.2) is 0 Å². The highest BCUT2D eigenvalue weighted by Gasteiger charge is 2.38. The van der Waals surface area contributed by atoms with Gasteiger partial charge in [-0.2, -0.15) is 0 Å². The van der Waals surface area contributed by atoms with Crippen LogP contribution in [0.2, 0.25) is 0 Å². The molecule has 70 valence electrons. The fourth-order valence-electron chi connectivity index (χ4n) is 1.41. The third-order valence-corrected chi connectivity index (χ3v) is 4.28. The molecule has 0 spiro atoms. The molecule has 0 aliphatic heterocycles. The molecular weight excluding hydrogens is 254 g/mol. The van der Waals surface area contributed by atoms with Gasteiger partial charge in [0.15, 0.2) is 0 Å². The minimum Gasteiger partial charge on any atom is -0.258 e. The lowest BCUT2D eigenvalue weighted by Gasteiger charge is -1.89. The third kappa shape index (κ3) is 1.76. The zero-order chi connectivity index (χ0) is 9.42. The minimum atomic E-state index is -0.320. The van der Waals surface area contributed by atoms with Crippen molar-refractivity contribution >= 4 is 32.3 Å². The highest BCUT2D eigenvalue weighted by molar-refractivity contribution is 9.09. The summed E-state index contributed by atoms with van der Waals surface area (Å²) in [7, 11) is 0. The Kier molecular flexibility index (Phi) is 2.38. The van der Waals surface area contributed by atoms with Crippen LogP contribution < -0.4 is 0 Å². The lowest BCUT2D eigenvalue weighted by atomic mass is 10.3. The van der Waals surface area contributed by atoms with Gasteiger partial charge >= 0.3 is 5.00 Å². The monoisotopic (exact) mass is 261 g/mol. The molecule has 0 amide bonds. The number of alkyl halides is 1. The SMILES string of the molecule is O=[N+]([O-])c1ccc(C2CC2CBr)s1. The highest BCUT2D eigenvalue weighted by atomic mass is 79.9. The van der Waals surface area contributed by atoms with Crippen molar-refractivity contribution in [2.24, 2.45) is 5.92 Å². The molecule has 2 atom stereocenters. The number of halogens is 1. The molecule has 1 saturated carbocycles. The van der Waals surface area contributed by atoms with Crippen molar-refractivity contribution in [3.63, 3.8) is 0 Å². The molecule has 0 saturated heterocycles. The quantitative estimate of drug-likeness (QED) is 0.477. The Balaban J connectivity index is 2.11. The molecule has 13 heavy (non-hydrogen) atoms. The van der Waals surface area contributed by atoms with Crippen LogP contribution in [-0.2, 0) is 0 Å². The van der Waals surface area contributed by atoms with Crippen LogP contribution in [0.4, 0.5) is 5.00 Å². The Morgan fingerprint density at radius 3 is 2.92 bits per heavy atom. The summed E-state index contributed by atoms with van der Waals surface area (Å²) in [5, 5.41) is 11.7. The summed E-state index contributed by atoms with van der Waals surface area (Å²) in [6.45, 7) is 0. The molecule has 1 aliphatic rings. The third-order valence-electron chi connectivity index (χ3n) is 2.28. The van der Waals surface area contributed by atoms with E-state index in [0.29, 0.717) is 11.8 Å². The number of thiophene rings is 1. The average molecular weight is 262 g/mol. The van der Waals surface area contributed by atoms with E-state index in [4.69, 9.17) is 0 Å². The van der Waals surface area contributed by atoms with Crippen LogP contribution in [0.1, 0.15) is 17.2 Å². The molecule has 1 aliphatic carbocycles. The number of hydrogen-bond acceptors (Lipinski definition) is 3. The van der Waals surface area contributed by atoms with E-state index >= 15 is 0 Å². The van der Waals surface area contributed by atoms with Crippen molar-refractivity contribution in [3.05, 3.63) is 27.1 Å². The number of nitro groups is 1. The molecule has 0 bridgehead atoms. The largest absolute Gasteiger partial charge is 0.324 e. The second kappa shape index (κ2) is 3.38. The van der Waals surface area contributed by atoms with E-state index in [2.05, 4.69) is 15.9 Å². The molecule has 3 nitrogen and oxygen atoms in total. The molecule has 0 N–H and O–H groups in total. The van der Waals surface area contributed by atoms with Gasteiger partial charge in [0.05, 0.1) is 4.92 Å². The zero-order valence-electron chi connectivity index (χ0n) is 6.77. The lowest BCUT2D eigenvalue weighted by Crippen LogP contribution is -1.81. The van der Waals surface area contributed by atoms with E-state index in [-0.39, 0.29) is 9.92 Å². The van der Waals surface area contributed by atoms with Crippen molar-refractivity contribution in [3.8, 4) is 0 Å². The van der Waals surface area contributed by atoms with Gasteiger partial charge in [0.2, 0.25) is 0 Å². The van der Waals surface area contributed by atoms with Crippen molar-refractivity contribution < 1.29 is 4.92 Å². The van der Waals surface area contributed by atoms with Gasteiger partial charge in [0, 0.05) is 16.3 Å². The van der Waals surface area contributed by atoms with Gasteiger partial charge in [-0.15, -0.1) is 0 Å². The minimum absolute atomic E-state index is 0.259. The van der Waals surface area contributed by atoms with E-state index in [0.717, 1.165) is 10.2 Å². The second-order valence-electron chi connectivity index (χ2n) is 3.19. The smallest absolute Gasteiger partial charge is 0.258 e. The molecule has 1 fully saturated rings.